The summed E-state index contributed by atoms with van der Waals surface area (Å²) in [5, 5.41) is 3.26. The van der Waals surface area contributed by atoms with Crippen LogP contribution in [0.2, 0.25) is 0 Å². The highest BCUT2D eigenvalue weighted by Gasteiger charge is 2.36. The van der Waals surface area contributed by atoms with E-state index in [-0.39, 0.29) is 37.3 Å². The van der Waals surface area contributed by atoms with Crippen molar-refractivity contribution in [3.05, 3.63) is 71.5 Å². The smallest absolute Gasteiger partial charge is 0.326 e. The second kappa shape index (κ2) is 13.5. The number of hydrogen-bond donors (Lipinski definition) is 1. The molecule has 3 unspecified atom stereocenters. The van der Waals surface area contributed by atoms with E-state index in [1.165, 1.54) is 17.0 Å². The summed E-state index contributed by atoms with van der Waals surface area (Å²) in [6, 6.07) is 14.7. The van der Waals surface area contributed by atoms with Crippen LogP contribution in [0.3, 0.4) is 0 Å². The van der Waals surface area contributed by atoms with Gasteiger partial charge in [-0.1, -0.05) is 42.5 Å². The Hall–Kier alpha value is -3.26. The van der Waals surface area contributed by atoms with Crippen molar-refractivity contribution in [1.82, 2.24) is 10.2 Å². The van der Waals surface area contributed by atoms with E-state index in [4.69, 9.17) is 9.47 Å². The molecule has 1 N–H and O–H groups in total. The van der Waals surface area contributed by atoms with Crippen molar-refractivity contribution in [2.45, 2.75) is 77.0 Å². The van der Waals surface area contributed by atoms with Crippen molar-refractivity contribution in [3.8, 4) is 0 Å². The molecule has 7 nitrogen and oxygen atoms in total. The zero-order valence-electron chi connectivity index (χ0n) is 22.7. The first-order chi connectivity index (χ1) is 18.1. The van der Waals surface area contributed by atoms with Crippen LogP contribution in [0.25, 0.3) is 0 Å². The van der Waals surface area contributed by atoms with Crippen LogP contribution in [-0.2, 0) is 30.3 Å². The number of nitrogens with one attached hydrogen (secondary N) is 1. The third kappa shape index (κ3) is 8.94. The fraction of sp³-hybridized carbons (Fsp3) is 0.500. The molecule has 2 aromatic carbocycles. The van der Waals surface area contributed by atoms with Crippen LogP contribution >= 0.6 is 0 Å². The minimum Gasteiger partial charge on any atom is -0.465 e. The molecular weight excluding hydrogens is 487 g/mol. The molecule has 1 aliphatic rings. The van der Waals surface area contributed by atoms with Gasteiger partial charge in [0, 0.05) is 12.5 Å². The topological polar surface area (TPSA) is 84.9 Å². The van der Waals surface area contributed by atoms with E-state index in [2.05, 4.69) is 5.32 Å². The number of hydrogen-bond acceptors (Lipinski definition) is 6. The Morgan fingerprint density at radius 3 is 2.39 bits per heavy atom. The number of nitrogens with zero attached hydrogens (tertiary/aromatic N) is 1. The number of rotatable bonds is 10. The maximum absolute atomic E-state index is 13.7. The average Bonchev–Trinajstić information content (AvgIpc) is 3.00. The van der Waals surface area contributed by atoms with Gasteiger partial charge in [0.25, 0.3) is 0 Å². The van der Waals surface area contributed by atoms with E-state index < -0.39 is 29.6 Å². The largest absolute Gasteiger partial charge is 0.465 e. The Labute approximate surface area is 224 Å². The van der Waals surface area contributed by atoms with Crippen molar-refractivity contribution >= 4 is 17.8 Å². The number of ether oxygens (including phenoxy) is 2. The number of benzene rings is 2. The van der Waals surface area contributed by atoms with Crippen LogP contribution < -0.4 is 5.32 Å². The van der Waals surface area contributed by atoms with Crippen LogP contribution in [0.5, 0.6) is 0 Å². The van der Waals surface area contributed by atoms with E-state index >= 15 is 0 Å². The van der Waals surface area contributed by atoms with Gasteiger partial charge >= 0.3 is 11.9 Å². The molecule has 3 atom stereocenters. The van der Waals surface area contributed by atoms with Crippen LogP contribution in [0, 0.1) is 5.82 Å². The van der Waals surface area contributed by atoms with Crippen molar-refractivity contribution < 1.29 is 28.2 Å². The molecule has 1 saturated heterocycles. The molecule has 3 rings (SSSR count). The molecule has 2 aromatic rings. The highest BCUT2D eigenvalue weighted by Crippen LogP contribution is 2.28. The Balaban J connectivity index is 1.81. The molecule has 1 aliphatic heterocycles. The number of esters is 2. The quantitative estimate of drug-likeness (QED) is 0.462. The lowest BCUT2D eigenvalue weighted by molar-refractivity contribution is -0.159. The Kier molecular flexibility index (Phi) is 10.4. The molecule has 0 saturated carbocycles. The lowest BCUT2D eigenvalue weighted by atomic mass is 9.93. The normalized spacial score (nSPS) is 19.0. The Morgan fingerprint density at radius 2 is 1.76 bits per heavy atom. The molecule has 206 valence electrons. The van der Waals surface area contributed by atoms with Gasteiger partial charge in [0.05, 0.1) is 12.6 Å². The minimum atomic E-state index is -0.688. The molecular formula is C30H39FN2O5. The summed E-state index contributed by atoms with van der Waals surface area (Å²) in [6.45, 7) is 7.39. The number of carbonyl (C=O) groups excluding carboxylic acids is 3. The molecule has 1 fully saturated rings. The first kappa shape index (κ1) is 29.3. The van der Waals surface area contributed by atoms with Crippen LogP contribution in [0.4, 0.5) is 4.39 Å². The monoisotopic (exact) mass is 526 g/mol. The van der Waals surface area contributed by atoms with Crippen LogP contribution in [-0.4, -0.2) is 60.1 Å². The highest BCUT2D eigenvalue weighted by molar-refractivity contribution is 5.87. The van der Waals surface area contributed by atoms with Gasteiger partial charge in [-0.2, -0.15) is 0 Å². The van der Waals surface area contributed by atoms with E-state index in [0.29, 0.717) is 25.7 Å². The van der Waals surface area contributed by atoms with E-state index in [9.17, 15) is 18.8 Å². The van der Waals surface area contributed by atoms with E-state index in [0.717, 1.165) is 11.1 Å². The van der Waals surface area contributed by atoms with Crippen molar-refractivity contribution in [2.75, 3.05) is 19.7 Å². The van der Waals surface area contributed by atoms with E-state index in [1.807, 2.05) is 30.3 Å². The second-order valence-electron chi connectivity index (χ2n) is 10.7. The average molecular weight is 527 g/mol. The van der Waals surface area contributed by atoms with E-state index in [1.54, 1.807) is 39.8 Å². The molecule has 0 aromatic heterocycles. The van der Waals surface area contributed by atoms with Gasteiger partial charge in [-0.25, -0.2) is 4.39 Å². The van der Waals surface area contributed by atoms with Gasteiger partial charge in [0.15, 0.2) is 0 Å². The fourth-order valence-corrected chi connectivity index (χ4v) is 4.70. The zero-order valence-corrected chi connectivity index (χ0v) is 22.7. The lowest BCUT2D eigenvalue weighted by Gasteiger charge is -2.29. The molecule has 0 spiro atoms. The molecule has 1 amide bonds. The van der Waals surface area contributed by atoms with Gasteiger partial charge < -0.3 is 14.4 Å². The van der Waals surface area contributed by atoms with Gasteiger partial charge in [-0.15, -0.1) is 0 Å². The summed E-state index contributed by atoms with van der Waals surface area (Å²) in [7, 11) is 0. The Bertz CT molecular complexity index is 1070. The van der Waals surface area contributed by atoms with Crippen LogP contribution in [0.15, 0.2) is 54.6 Å². The minimum absolute atomic E-state index is 0.0980. The molecule has 0 bridgehead atoms. The zero-order chi connectivity index (χ0) is 27.7. The molecule has 0 radical (unpaired) electrons. The number of aryl methyl sites for hydroxylation is 1. The van der Waals surface area contributed by atoms with Gasteiger partial charge in [0.1, 0.15) is 24.0 Å². The predicted molar refractivity (Wildman–Crippen MR) is 143 cm³/mol. The molecule has 8 heteroatoms. The van der Waals surface area contributed by atoms with Crippen LogP contribution in [0.1, 0.15) is 64.0 Å². The lowest BCUT2D eigenvalue weighted by Crippen LogP contribution is -2.53. The van der Waals surface area contributed by atoms with Crippen molar-refractivity contribution in [2.24, 2.45) is 0 Å². The third-order valence-corrected chi connectivity index (χ3v) is 6.47. The number of carbonyl (C=O) groups is 3. The first-order valence-corrected chi connectivity index (χ1v) is 13.3. The second-order valence-corrected chi connectivity index (χ2v) is 10.7. The van der Waals surface area contributed by atoms with Gasteiger partial charge in [-0.05, 0) is 76.6 Å². The molecule has 0 aliphatic carbocycles. The predicted octanol–water partition coefficient (Wildman–Crippen LogP) is 4.40. The summed E-state index contributed by atoms with van der Waals surface area (Å²) in [5.41, 5.74) is 1.28. The fourth-order valence-electron chi connectivity index (χ4n) is 4.70. The highest BCUT2D eigenvalue weighted by atomic mass is 19.1. The third-order valence-electron chi connectivity index (χ3n) is 6.47. The maximum Gasteiger partial charge on any atom is 0.326 e. The van der Waals surface area contributed by atoms with Gasteiger partial charge in [-0.3, -0.25) is 19.7 Å². The number of amides is 1. The van der Waals surface area contributed by atoms with Crippen molar-refractivity contribution in [1.29, 1.82) is 0 Å². The number of likely N-dealkylation sites (tertiary alicyclic amines) is 1. The molecule has 1 heterocycles. The van der Waals surface area contributed by atoms with Gasteiger partial charge in [0.2, 0.25) is 5.91 Å². The summed E-state index contributed by atoms with van der Waals surface area (Å²) < 4.78 is 24.4. The summed E-state index contributed by atoms with van der Waals surface area (Å²) >= 11 is 0. The SMILES string of the molecule is CCOC(=O)C(CCc1ccccc1)NC1CCC(c2ccc(F)cc2)CN(CC(=O)OC(C)(C)C)C1=O. The summed E-state index contributed by atoms with van der Waals surface area (Å²) in [4.78, 5) is 40.7. The summed E-state index contributed by atoms with van der Waals surface area (Å²) in [5.74, 6) is -1.61. The standard InChI is InChI=1S/C30H39FN2O5/c1-5-37-29(36)26(17-11-21-9-7-6-8-10-21)32-25-18-14-23(22-12-15-24(31)16-13-22)19-33(28(25)35)20-27(34)38-30(2,3)4/h6-10,12-13,15-16,23,25-26,32H,5,11,14,17-20H2,1-4H3. The summed E-state index contributed by atoms with van der Waals surface area (Å²) in [6.07, 6.45) is 2.17. The number of halogens is 1. The maximum atomic E-state index is 13.7. The van der Waals surface area contributed by atoms with Crippen molar-refractivity contribution in [3.63, 3.8) is 0 Å². The molecule has 38 heavy (non-hydrogen) atoms. The first-order valence-electron chi connectivity index (χ1n) is 13.3. The Morgan fingerprint density at radius 1 is 1.08 bits per heavy atom.